The zero-order valence-electron chi connectivity index (χ0n) is 28.0. The molecule has 1 saturated heterocycles. The molecule has 3 N–H and O–H groups in total. The zero-order valence-corrected chi connectivity index (χ0v) is 28.0. The minimum atomic E-state index is -0.598. The predicted molar refractivity (Wildman–Crippen MR) is 182 cm³/mol. The molecule has 45 heavy (non-hydrogen) atoms. The summed E-state index contributed by atoms with van der Waals surface area (Å²) in [7, 11) is 3.48. The summed E-state index contributed by atoms with van der Waals surface area (Å²) in [5.41, 5.74) is 18.2. The van der Waals surface area contributed by atoms with Crippen molar-refractivity contribution in [1.82, 2.24) is 24.9 Å². The van der Waals surface area contributed by atoms with E-state index in [2.05, 4.69) is 72.9 Å². The van der Waals surface area contributed by atoms with Crippen molar-refractivity contribution in [2.45, 2.75) is 78.1 Å². The quantitative estimate of drug-likeness (QED) is 0.289. The minimum Gasteiger partial charge on any atom is -0.383 e. The Morgan fingerprint density at radius 3 is 2.69 bits per heavy atom. The van der Waals surface area contributed by atoms with E-state index in [0.29, 0.717) is 32.2 Å². The summed E-state index contributed by atoms with van der Waals surface area (Å²) in [5.74, 6) is 0.448. The molecule has 5 rings (SSSR count). The number of carbonyl (C=O) groups is 1. The number of ether oxygens (including phenoxy) is 2. The van der Waals surface area contributed by atoms with Gasteiger partial charge >= 0.3 is 0 Å². The number of benzene rings is 1. The third-order valence-corrected chi connectivity index (χ3v) is 9.31. The molecule has 0 radical (unpaired) electrons. The number of nitrogens with zero attached hydrogens (tertiary/aromatic N) is 4. The van der Waals surface area contributed by atoms with Crippen molar-refractivity contribution >= 4 is 22.4 Å². The molecule has 3 atom stereocenters. The van der Waals surface area contributed by atoms with Crippen LogP contribution >= 0.6 is 0 Å². The van der Waals surface area contributed by atoms with Gasteiger partial charge in [0, 0.05) is 75.6 Å². The third-order valence-electron chi connectivity index (χ3n) is 9.31. The Balaban J connectivity index is 1.52. The van der Waals surface area contributed by atoms with Crippen LogP contribution in [0, 0.1) is 5.92 Å². The first-order chi connectivity index (χ1) is 21.8. The lowest BCUT2D eigenvalue weighted by atomic mass is 9.92. The number of pyridine rings is 1. The van der Waals surface area contributed by atoms with E-state index in [9.17, 15) is 4.79 Å². The largest absolute Gasteiger partial charge is 0.383 e. The molecule has 9 nitrogen and oxygen atoms in total. The average molecular weight is 617 g/mol. The van der Waals surface area contributed by atoms with Gasteiger partial charge in [-0.2, -0.15) is 0 Å². The number of nitrogens with one attached hydrogen (secondary N) is 1. The highest BCUT2D eigenvalue weighted by Gasteiger charge is 2.31. The normalized spacial score (nSPS) is 19.2. The van der Waals surface area contributed by atoms with Gasteiger partial charge in [-0.1, -0.05) is 26.0 Å². The number of fused-ring (bicyclic) bond motifs is 1. The first-order valence-electron chi connectivity index (χ1n) is 16.6. The van der Waals surface area contributed by atoms with Crippen molar-refractivity contribution in [3.05, 3.63) is 59.4 Å². The summed E-state index contributed by atoms with van der Waals surface area (Å²) >= 11 is 0. The number of nitrogens with two attached hydrogens (primary N) is 1. The van der Waals surface area contributed by atoms with Gasteiger partial charge in [-0.15, -0.1) is 0 Å². The van der Waals surface area contributed by atoms with Gasteiger partial charge in [0.25, 0.3) is 5.91 Å². The van der Waals surface area contributed by atoms with Gasteiger partial charge in [-0.3, -0.25) is 19.7 Å². The minimum absolute atomic E-state index is 0.0345. The van der Waals surface area contributed by atoms with Crippen molar-refractivity contribution in [3.63, 3.8) is 0 Å². The Kier molecular flexibility index (Phi) is 11.1. The highest BCUT2D eigenvalue weighted by molar-refractivity contribution is 5.94. The number of aromatic nitrogens is 2. The lowest BCUT2D eigenvalue weighted by Crippen LogP contribution is -2.57. The van der Waals surface area contributed by atoms with E-state index in [1.165, 1.54) is 33.3 Å². The fraction of sp³-hybridized carbons (Fsp3) is 0.556. The lowest BCUT2D eigenvalue weighted by Gasteiger charge is -2.38. The highest BCUT2D eigenvalue weighted by Crippen LogP contribution is 2.40. The maximum Gasteiger partial charge on any atom is 0.254 e. The summed E-state index contributed by atoms with van der Waals surface area (Å²) < 4.78 is 13.8. The molecular formula is C36H52N6O3. The van der Waals surface area contributed by atoms with E-state index in [1.54, 1.807) is 19.2 Å². The smallest absolute Gasteiger partial charge is 0.254 e. The molecule has 1 fully saturated rings. The molecule has 244 valence electrons. The highest BCUT2D eigenvalue weighted by atomic mass is 16.5. The van der Waals surface area contributed by atoms with Gasteiger partial charge in [0.2, 0.25) is 0 Å². The number of aryl methyl sites for hydroxylation is 1. The van der Waals surface area contributed by atoms with Crippen molar-refractivity contribution in [2.75, 3.05) is 47.0 Å². The molecule has 0 spiro atoms. The fourth-order valence-corrected chi connectivity index (χ4v) is 6.96. The summed E-state index contributed by atoms with van der Waals surface area (Å²) in [5, 5.41) is 2.99. The molecule has 3 unspecified atom stereocenters. The van der Waals surface area contributed by atoms with Crippen LogP contribution in [0.3, 0.4) is 0 Å². The van der Waals surface area contributed by atoms with Crippen molar-refractivity contribution in [1.29, 1.82) is 0 Å². The zero-order chi connectivity index (χ0) is 32.1. The summed E-state index contributed by atoms with van der Waals surface area (Å²) in [6.07, 6.45) is 7.98. The number of hydrazine groups is 1. The molecule has 0 bridgehead atoms. The van der Waals surface area contributed by atoms with Crippen molar-refractivity contribution in [2.24, 2.45) is 11.7 Å². The second-order valence-corrected chi connectivity index (χ2v) is 12.9. The van der Waals surface area contributed by atoms with E-state index >= 15 is 0 Å². The Labute approximate surface area is 268 Å². The standard InChI is InChI=1S/C36H52N6O3/c1-7-41-33-15-13-26(20-30(33)31(19-24(2)3)35(41)29-11-10-16-38-34(29)25(4)45-6)27-12-14-28(23-44-5)40(21-27)22-32(37)36(43)42-18-9-8-17-39-42/h10-13,15-16,20,24-25,28,32,39H,7-9,14,17-19,21-23,37H2,1-6H3. The molecule has 2 aliphatic heterocycles. The number of rotatable bonds is 12. The molecule has 1 aromatic carbocycles. The number of methoxy groups -OCH3 is 2. The van der Waals surface area contributed by atoms with Crippen LogP contribution in [0.5, 0.6) is 0 Å². The second-order valence-electron chi connectivity index (χ2n) is 12.9. The van der Waals surface area contributed by atoms with E-state index < -0.39 is 6.04 Å². The lowest BCUT2D eigenvalue weighted by molar-refractivity contribution is -0.137. The van der Waals surface area contributed by atoms with Crippen LogP contribution < -0.4 is 11.2 Å². The first kappa shape index (κ1) is 33.3. The topological polar surface area (TPSA) is 97.9 Å². The average Bonchev–Trinajstić information content (AvgIpc) is 3.36. The Bertz CT molecular complexity index is 1490. The van der Waals surface area contributed by atoms with Gasteiger partial charge < -0.3 is 19.8 Å². The number of carbonyl (C=O) groups excluding carboxylic acids is 1. The Morgan fingerprint density at radius 2 is 2.00 bits per heavy atom. The van der Waals surface area contributed by atoms with Crippen LogP contribution in [-0.2, 0) is 27.2 Å². The van der Waals surface area contributed by atoms with Crippen LogP contribution in [0.1, 0.15) is 69.9 Å². The van der Waals surface area contributed by atoms with Gasteiger partial charge in [0.15, 0.2) is 0 Å². The van der Waals surface area contributed by atoms with Crippen LogP contribution in [0.2, 0.25) is 0 Å². The number of hydrogen-bond donors (Lipinski definition) is 2. The molecule has 0 saturated carbocycles. The molecular weight excluding hydrogens is 564 g/mol. The molecule has 2 aromatic heterocycles. The van der Waals surface area contributed by atoms with E-state index in [0.717, 1.165) is 50.0 Å². The van der Waals surface area contributed by atoms with Crippen LogP contribution in [0.25, 0.3) is 27.7 Å². The summed E-state index contributed by atoms with van der Waals surface area (Å²) in [6, 6.07) is 10.7. The predicted octanol–water partition coefficient (Wildman–Crippen LogP) is 5.19. The second kappa shape index (κ2) is 15.0. The van der Waals surface area contributed by atoms with E-state index in [-0.39, 0.29) is 18.1 Å². The monoisotopic (exact) mass is 616 g/mol. The third kappa shape index (κ3) is 7.18. The Morgan fingerprint density at radius 1 is 1.18 bits per heavy atom. The summed E-state index contributed by atoms with van der Waals surface area (Å²) in [6.45, 7) is 13.0. The molecule has 9 heteroatoms. The molecule has 4 heterocycles. The Hall–Kier alpha value is -3.08. The maximum absolute atomic E-state index is 13.2. The maximum atomic E-state index is 13.2. The van der Waals surface area contributed by atoms with Crippen molar-refractivity contribution < 1.29 is 14.3 Å². The van der Waals surface area contributed by atoms with Gasteiger partial charge in [-0.05, 0) is 86.4 Å². The molecule has 2 aliphatic rings. The van der Waals surface area contributed by atoms with Crippen LogP contribution in [0.15, 0.2) is 42.6 Å². The van der Waals surface area contributed by atoms with E-state index in [4.69, 9.17) is 20.2 Å². The fourth-order valence-electron chi connectivity index (χ4n) is 6.96. The number of hydrogen-bond acceptors (Lipinski definition) is 7. The summed E-state index contributed by atoms with van der Waals surface area (Å²) in [4.78, 5) is 20.3. The molecule has 1 amide bonds. The first-order valence-corrected chi connectivity index (χ1v) is 16.6. The van der Waals surface area contributed by atoms with Crippen molar-refractivity contribution in [3.8, 4) is 11.3 Å². The van der Waals surface area contributed by atoms with Crippen LogP contribution in [-0.4, -0.2) is 84.5 Å². The van der Waals surface area contributed by atoms with Gasteiger partial charge in [-0.25, -0.2) is 5.43 Å². The molecule has 0 aliphatic carbocycles. The van der Waals surface area contributed by atoms with Gasteiger partial charge in [0.05, 0.1) is 30.1 Å². The van der Waals surface area contributed by atoms with Crippen LogP contribution in [0.4, 0.5) is 0 Å². The van der Waals surface area contributed by atoms with E-state index in [1.807, 2.05) is 12.3 Å². The number of amides is 1. The molecule has 3 aromatic rings. The SMILES string of the molecule is CCn1c(-c2cccnc2C(C)OC)c(CC(C)C)c2cc(C3=CCC(COC)N(CC(N)C(=O)N4CCCCN4)C3)ccc21. The van der Waals surface area contributed by atoms with Gasteiger partial charge in [0.1, 0.15) is 0 Å².